The monoisotopic (exact) mass is 468 g/mol. The van der Waals surface area contributed by atoms with Crippen LogP contribution >= 0.6 is 11.8 Å². The van der Waals surface area contributed by atoms with Crippen molar-refractivity contribution in [3.05, 3.63) is 66.7 Å². The van der Waals surface area contributed by atoms with Gasteiger partial charge in [-0.1, -0.05) is 30.0 Å². The topological polar surface area (TPSA) is 99.8 Å². The molecule has 3 aromatic carbocycles. The van der Waals surface area contributed by atoms with Crippen molar-refractivity contribution in [2.45, 2.75) is 14.7 Å². The summed E-state index contributed by atoms with van der Waals surface area (Å²) >= 11 is 1.39. The lowest BCUT2D eigenvalue weighted by Gasteiger charge is -2.35. The zero-order chi connectivity index (χ0) is 22.1. The number of rotatable bonds is 5. The average Bonchev–Trinajstić information content (AvgIpc) is 3.32. The van der Waals surface area contributed by atoms with Crippen LogP contribution in [0.15, 0.2) is 86.0 Å². The fraction of sp³-hybridized carbons (Fsp3) is 0.182. The quantitative estimate of drug-likeness (QED) is 0.474. The first-order valence-corrected chi connectivity index (χ1v) is 12.3. The number of anilines is 1. The van der Waals surface area contributed by atoms with Crippen molar-refractivity contribution >= 4 is 38.5 Å². The van der Waals surface area contributed by atoms with Gasteiger partial charge in [0, 0.05) is 41.7 Å². The van der Waals surface area contributed by atoms with Crippen LogP contribution in [-0.2, 0) is 10.0 Å². The van der Waals surface area contributed by atoms with E-state index in [1.165, 1.54) is 16.1 Å². The lowest BCUT2D eigenvalue weighted by molar-refractivity contribution is 0.314. The number of phenols is 1. The van der Waals surface area contributed by atoms with Gasteiger partial charge >= 0.3 is 0 Å². The largest absolute Gasteiger partial charge is 0.508 e. The van der Waals surface area contributed by atoms with E-state index in [2.05, 4.69) is 15.2 Å². The summed E-state index contributed by atoms with van der Waals surface area (Å²) < 4.78 is 33.2. The molecule has 1 aliphatic heterocycles. The summed E-state index contributed by atoms with van der Waals surface area (Å²) in [5, 5.41) is 17.3. The minimum atomic E-state index is -3.76. The molecule has 0 saturated carbocycles. The van der Waals surface area contributed by atoms with Gasteiger partial charge in [0.1, 0.15) is 10.6 Å². The summed E-state index contributed by atoms with van der Waals surface area (Å²) in [5.41, 5.74) is 1.70. The molecule has 1 fully saturated rings. The molecule has 2 heterocycles. The minimum absolute atomic E-state index is 0.0944. The average molecular weight is 469 g/mol. The van der Waals surface area contributed by atoms with Crippen molar-refractivity contribution in [3.8, 4) is 5.75 Å². The number of fused-ring (bicyclic) bond motifs is 1. The lowest BCUT2D eigenvalue weighted by atomic mass is 10.2. The van der Waals surface area contributed by atoms with E-state index in [0.29, 0.717) is 31.7 Å². The third kappa shape index (κ3) is 3.92. The second-order valence-electron chi connectivity index (χ2n) is 7.35. The van der Waals surface area contributed by atoms with Crippen LogP contribution in [0.3, 0.4) is 0 Å². The SMILES string of the molecule is O=S(=O)(c1ccc(Sc2ccc(O)cc2)c2nonc12)N1CCN(c2ccccc2)CC1. The molecule has 10 heteroatoms. The Balaban J connectivity index is 1.39. The summed E-state index contributed by atoms with van der Waals surface area (Å²) in [4.78, 5) is 3.87. The first-order valence-electron chi connectivity index (χ1n) is 10.0. The minimum Gasteiger partial charge on any atom is -0.508 e. The molecule has 4 aromatic rings. The van der Waals surface area contributed by atoms with Crippen LogP contribution in [0.5, 0.6) is 5.75 Å². The number of benzene rings is 3. The molecular weight excluding hydrogens is 448 g/mol. The molecule has 0 bridgehead atoms. The molecule has 1 N–H and O–H groups in total. The van der Waals surface area contributed by atoms with Crippen LogP contribution in [-0.4, -0.2) is 54.3 Å². The van der Waals surface area contributed by atoms with E-state index in [1.807, 2.05) is 30.3 Å². The third-order valence-corrected chi connectivity index (χ3v) is 8.37. The molecule has 32 heavy (non-hydrogen) atoms. The van der Waals surface area contributed by atoms with Gasteiger partial charge in [0.2, 0.25) is 10.0 Å². The molecule has 0 spiro atoms. The first-order chi connectivity index (χ1) is 15.5. The van der Waals surface area contributed by atoms with Crippen LogP contribution in [0.1, 0.15) is 0 Å². The van der Waals surface area contributed by atoms with Crippen molar-refractivity contribution in [1.82, 2.24) is 14.6 Å². The Hall–Kier alpha value is -3.08. The Morgan fingerprint density at radius 3 is 2.25 bits per heavy atom. The Kier molecular flexibility index (Phi) is 5.50. The van der Waals surface area contributed by atoms with E-state index in [9.17, 15) is 13.5 Å². The molecule has 8 nitrogen and oxygen atoms in total. The van der Waals surface area contributed by atoms with Crippen LogP contribution in [0.2, 0.25) is 0 Å². The zero-order valence-corrected chi connectivity index (χ0v) is 18.6. The van der Waals surface area contributed by atoms with Gasteiger partial charge < -0.3 is 10.0 Å². The standard InChI is InChI=1S/C22H20N4O4S2/c27-17-6-8-18(9-7-17)31-19-10-11-20(22-21(19)23-30-24-22)32(28,29)26-14-12-25(13-15-26)16-4-2-1-3-5-16/h1-11,27H,12-15H2. The van der Waals surface area contributed by atoms with Crippen LogP contribution < -0.4 is 4.90 Å². The number of hydrogen-bond acceptors (Lipinski definition) is 8. The van der Waals surface area contributed by atoms with Crippen LogP contribution in [0.4, 0.5) is 5.69 Å². The smallest absolute Gasteiger partial charge is 0.245 e. The molecule has 1 aromatic heterocycles. The molecule has 0 unspecified atom stereocenters. The van der Waals surface area contributed by atoms with Crippen molar-refractivity contribution in [1.29, 1.82) is 0 Å². The normalized spacial score (nSPS) is 15.3. The maximum Gasteiger partial charge on any atom is 0.245 e. The molecule has 1 aliphatic rings. The Bertz CT molecular complexity index is 1330. The van der Waals surface area contributed by atoms with Crippen molar-refractivity contribution in [2.75, 3.05) is 31.1 Å². The molecular formula is C22H20N4O4S2. The van der Waals surface area contributed by atoms with Crippen LogP contribution in [0.25, 0.3) is 11.0 Å². The number of piperazine rings is 1. The molecule has 0 aliphatic carbocycles. The van der Waals surface area contributed by atoms with Crippen molar-refractivity contribution in [3.63, 3.8) is 0 Å². The van der Waals surface area contributed by atoms with E-state index < -0.39 is 10.0 Å². The molecule has 0 amide bonds. The van der Waals surface area contributed by atoms with E-state index in [-0.39, 0.29) is 16.2 Å². The highest BCUT2D eigenvalue weighted by Gasteiger charge is 2.31. The lowest BCUT2D eigenvalue weighted by Crippen LogP contribution is -2.48. The highest BCUT2D eigenvalue weighted by Crippen LogP contribution is 2.36. The van der Waals surface area contributed by atoms with Crippen molar-refractivity contribution < 1.29 is 18.2 Å². The Morgan fingerprint density at radius 2 is 1.53 bits per heavy atom. The number of para-hydroxylation sites is 1. The predicted molar refractivity (Wildman–Crippen MR) is 121 cm³/mol. The van der Waals surface area contributed by atoms with Gasteiger partial charge in [-0.25, -0.2) is 13.0 Å². The number of aromatic nitrogens is 2. The van der Waals surface area contributed by atoms with Gasteiger partial charge in [0.25, 0.3) is 0 Å². The van der Waals surface area contributed by atoms with Gasteiger partial charge in [-0.3, -0.25) is 0 Å². The highest BCUT2D eigenvalue weighted by atomic mass is 32.2. The molecule has 0 atom stereocenters. The molecule has 5 rings (SSSR count). The second-order valence-corrected chi connectivity index (χ2v) is 10.4. The fourth-order valence-corrected chi connectivity index (χ4v) is 6.15. The summed E-state index contributed by atoms with van der Waals surface area (Å²) in [6.07, 6.45) is 0. The summed E-state index contributed by atoms with van der Waals surface area (Å²) in [7, 11) is -3.76. The third-order valence-electron chi connectivity index (χ3n) is 5.38. The molecule has 1 saturated heterocycles. The zero-order valence-electron chi connectivity index (χ0n) is 17.0. The molecule has 164 valence electrons. The van der Waals surface area contributed by atoms with E-state index in [4.69, 9.17) is 4.63 Å². The van der Waals surface area contributed by atoms with Gasteiger partial charge in [0.05, 0.1) is 0 Å². The fourth-order valence-electron chi connectivity index (χ4n) is 3.72. The van der Waals surface area contributed by atoms with E-state index in [1.54, 1.807) is 36.4 Å². The first kappa shape index (κ1) is 20.8. The van der Waals surface area contributed by atoms with E-state index >= 15 is 0 Å². The summed E-state index contributed by atoms with van der Waals surface area (Å²) in [6.45, 7) is 1.98. The van der Waals surface area contributed by atoms with Crippen LogP contribution in [0, 0.1) is 0 Å². The maximum atomic E-state index is 13.4. The molecule has 0 radical (unpaired) electrons. The van der Waals surface area contributed by atoms with Gasteiger partial charge in [-0.15, -0.1) is 0 Å². The number of nitrogens with zero attached hydrogens (tertiary/aromatic N) is 4. The number of sulfonamides is 1. The van der Waals surface area contributed by atoms with Gasteiger partial charge in [-0.2, -0.15) is 4.31 Å². The van der Waals surface area contributed by atoms with Gasteiger partial charge in [0.15, 0.2) is 11.0 Å². The maximum absolute atomic E-state index is 13.4. The summed E-state index contributed by atoms with van der Waals surface area (Å²) in [5.74, 6) is 0.177. The van der Waals surface area contributed by atoms with Gasteiger partial charge in [-0.05, 0) is 58.8 Å². The van der Waals surface area contributed by atoms with Crippen molar-refractivity contribution in [2.24, 2.45) is 0 Å². The summed E-state index contributed by atoms with van der Waals surface area (Å²) in [6, 6.07) is 20.0. The Labute approximate surface area is 189 Å². The number of phenolic OH excluding ortho intramolecular Hbond substituents is 1. The van der Waals surface area contributed by atoms with E-state index in [0.717, 1.165) is 15.5 Å². The predicted octanol–water partition coefficient (Wildman–Crippen LogP) is 3.59. The highest BCUT2D eigenvalue weighted by molar-refractivity contribution is 7.99. The number of aromatic hydroxyl groups is 1. The Morgan fingerprint density at radius 1 is 0.844 bits per heavy atom. The number of hydrogen-bond donors (Lipinski definition) is 1. The second kappa shape index (κ2) is 8.45.